The minimum Gasteiger partial charge on any atom is -0.313 e. The summed E-state index contributed by atoms with van der Waals surface area (Å²) in [4.78, 5) is 0. The van der Waals surface area contributed by atoms with Crippen molar-refractivity contribution in [2.75, 3.05) is 6.54 Å². The summed E-state index contributed by atoms with van der Waals surface area (Å²) < 4.78 is 1.98. The Balaban J connectivity index is 2.18. The highest BCUT2D eigenvalue weighted by Gasteiger charge is 2.09. The van der Waals surface area contributed by atoms with Gasteiger partial charge in [-0.1, -0.05) is 37.3 Å². The van der Waals surface area contributed by atoms with Crippen molar-refractivity contribution in [3.05, 3.63) is 35.5 Å². The number of aryl methyl sites for hydroxylation is 2. The molecule has 0 aliphatic heterocycles. The summed E-state index contributed by atoms with van der Waals surface area (Å²) in [5.41, 5.74) is 4.94. The number of aromatic nitrogens is 3. The second kappa shape index (κ2) is 7.20. The Hall–Kier alpha value is -1.68. The van der Waals surface area contributed by atoms with E-state index in [1.54, 1.807) is 0 Å². The second-order valence-corrected chi connectivity index (χ2v) is 5.17. The number of benzene rings is 1. The van der Waals surface area contributed by atoms with Gasteiger partial charge in [-0.2, -0.15) is 0 Å². The zero-order chi connectivity index (χ0) is 14.4. The molecule has 0 saturated carbocycles. The summed E-state index contributed by atoms with van der Waals surface area (Å²) >= 11 is 0. The zero-order valence-electron chi connectivity index (χ0n) is 12.7. The Morgan fingerprint density at radius 3 is 2.75 bits per heavy atom. The molecule has 1 aromatic heterocycles. The van der Waals surface area contributed by atoms with Crippen molar-refractivity contribution in [3.63, 3.8) is 0 Å². The van der Waals surface area contributed by atoms with E-state index in [4.69, 9.17) is 0 Å². The van der Waals surface area contributed by atoms with Crippen molar-refractivity contribution >= 4 is 0 Å². The van der Waals surface area contributed by atoms with Crippen LogP contribution in [-0.4, -0.2) is 21.5 Å². The van der Waals surface area contributed by atoms with E-state index >= 15 is 0 Å². The van der Waals surface area contributed by atoms with Gasteiger partial charge in [0.2, 0.25) is 0 Å². The van der Waals surface area contributed by atoms with Crippen molar-refractivity contribution < 1.29 is 0 Å². The van der Waals surface area contributed by atoms with Gasteiger partial charge in [-0.3, -0.25) is 0 Å². The van der Waals surface area contributed by atoms with Crippen LogP contribution < -0.4 is 5.32 Å². The second-order valence-electron chi connectivity index (χ2n) is 5.17. The van der Waals surface area contributed by atoms with E-state index in [1.165, 1.54) is 23.1 Å². The van der Waals surface area contributed by atoms with E-state index in [0.717, 1.165) is 31.7 Å². The van der Waals surface area contributed by atoms with E-state index in [2.05, 4.69) is 54.6 Å². The largest absolute Gasteiger partial charge is 0.313 e. The van der Waals surface area contributed by atoms with Crippen molar-refractivity contribution in [2.45, 2.75) is 46.7 Å². The molecule has 0 aliphatic carbocycles. The first kappa shape index (κ1) is 14.7. The lowest BCUT2D eigenvalue weighted by molar-refractivity contribution is 0.584. The summed E-state index contributed by atoms with van der Waals surface area (Å²) in [6.07, 6.45) is 4.08. The Kier molecular flexibility index (Phi) is 5.30. The topological polar surface area (TPSA) is 42.7 Å². The summed E-state index contributed by atoms with van der Waals surface area (Å²) in [6, 6.07) is 6.62. The van der Waals surface area contributed by atoms with Crippen LogP contribution in [0.4, 0.5) is 0 Å². The Bertz CT molecular complexity index is 545. The molecule has 2 aromatic rings. The summed E-state index contributed by atoms with van der Waals surface area (Å²) in [6.45, 7) is 9.40. The zero-order valence-corrected chi connectivity index (χ0v) is 12.7. The average Bonchev–Trinajstić information content (AvgIpc) is 2.88. The SMILES string of the molecule is CCCNCc1ccc(-c2cnnn2CCC)c(C)c1. The maximum Gasteiger partial charge on any atom is 0.0888 e. The third-order valence-electron chi connectivity index (χ3n) is 3.38. The van der Waals surface area contributed by atoms with Crippen LogP contribution in [0.15, 0.2) is 24.4 Å². The lowest BCUT2D eigenvalue weighted by Crippen LogP contribution is -2.13. The normalized spacial score (nSPS) is 10.9. The van der Waals surface area contributed by atoms with Crippen molar-refractivity contribution in [3.8, 4) is 11.3 Å². The first-order chi connectivity index (χ1) is 9.76. The number of rotatable bonds is 7. The van der Waals surface area contributed by atoms with Crippen LogP contribution in [0.3, 0.4) is 0 Å². The third-order valence-corrected chi connectivity index (χ3v) is 3.38. The summed E-state index contributed by atoms with van der Waals surface area (Å²) in [5, 5.41) is 11.6. The highest BCUT2D eigenvalue weighted by Crippen LogP contribution is 2.23. The molecule has 4 heteroatoms. The molecule has 108 valence electrons. The molecule has 0 fully saturated rings. The highest BCUT2D eigenvalue weighted by atomic mass is 15.4. The number of hydrogen-bond donors (Lipinski definition) is 1. The van der Waals surface area contributed by atoms with Gasteiger partial charge in [-0.15, -0.1) is 5.10 Å². The molecule has 0 unspecified atom stereocenters. The quantitative estimate of drug-likeness (QED) is 0.787. The minimum atomic E-state index is 0.911. The Morgan fingerprint density at radius 2 is 2.05 bits per heavy atom. The molecule has 2 rings (SSSR count). The van der Waals surface area contributed by atoms with Gasteiger partial charge in [0.25, 0.3) is 0 Å². The standard InChI is InChI=1S/C16H24N4/c1-4-8-17-11-14-6-7-15(13(3)10-14)16-12-18-19-20(16)9-5-2/h6-7,10,12,17H,4-5,8-9,11H2,1-3H3. The fraction of sp³-hybridized carbons (Fsp3) is 0.500. The van der Waals surface area contributed by atoms with Gasteiger partial charge < -0.3 is 5.32 Å². The van der Waals surface area contributed by atoms with E-state index in [0.29, 0.717) is 0 Å². The minimum absolute atomic E-state index is 0.911. The molecule has 0 atom stereocenters. The fourth-order valence-electron chi connectivity index (χ4n) is 2.38. The molecule has 0 aliphatic rings. The van der Waals surface area contributed by atoms with E-state index in [-0.39, 0.29) is 0 Å². The van der Waals surface area contributed by atoms with E-state index in [9.17, 15) is 0 Å². The van der Waals surface area contributed by atoms with Gasteiger partial charge in [-0.05, 0) is 37.4 Å². The van der Waals surface area contributed by atoms with Crippen LogP contribution in [0.1, 0.15) is 37.8 Å². The molecule has 1 aromatic carbocycles. The van der Waals surface area contributed by atoms with Crippen LogP contribution in [0.5, 0.6) is 0 Å². The van der Waals surface area contributed by atoms with Crippen LogP contribution in [0.25, 0.3) is 11.3 Å². The van der Waals surface area contributed by atoms with Crippen molar-refractivity contribution in [2.24, 2.45) is 0 Å². The van der Waals surface area contributed by atoms with Gasteiger partial charge in [0, 0.05) is 18.7 Å². The van der Waals surface area contributed by atoms with Gasteiger partial charge >= 0.3 is 0 Å². The lowest BCUT2D eigenvalue weighted by Gasteiger charge is -2.10. The number of nitrogens with one attached hydrogen (secondary N) is 1. The van der Waals surface area contributed by atoms with Crippen LogP contribution >= 0.6 is 0 Å². The molecular weight excluding hydrogens is 248 g/mol. The smallest absolute Gasteiger partial charge is 0.0888 e. The molecule has 0 spiro atoms. The molecule has 1 heterocycles. The highest BCUT2D eigenvalue weighted by molar-refractivity contribution is 5.63. The molecular formula is C16H24N4. The van der Waals surface area contributed by atoms with Gasteiger partial charge in [0.05, 0.1) is 11.9 Å². The molecule has 1 N–H and O–H groups in total. The monoisotopic (exact) mass is 272 g/mol. The molecule has 20 heavy (non-hydrogen) atoms. The number of nitrogens with zero attached hydrogens (tertiary/aromatic N) is 3. The van der Waals surface area contributed by atoms with E-state index in [1.807, 2.05) is 10.9 Å². The van der Waals surface area contributed by atoms with Crippen molar-refractivity contribution in [1.29, 1.82) is 0 Å². The first-order valence-electron chi connectivity index (χ1n) is 7.45. The first-order valence-corrected chi connectivity index (χ1v) is 7.45. The van der Waals surface area contributed by atoms with Gasteiger partial charge in [-0.25, -0.2) is 4.68 Å². The predicted molar refractivity (Wildman–Crippen MR) is 82.5 cm³/mol. The third kappa shape index (κ3) is 3.45. The molecule has 0 amide bonds. The average molecular weight is 272 g/mol. The maximum absolute atomic E-state index is 4.16. The van der Waals surface area contributed by atoms with Gasteiger partial charge in [0.1, 0.15) is 0 Å². The predicted octanol–water partition coefficient (Wildman–Crippen LogP) is 3.16. The summed E-state index contributed by atoms with van der Waals surface area (Å²) in [5.74, 6) is 0. The van der Waals surface area contributed by atoms with Crippen molar-refractivity contribution in [1.82, 2.24) is 20.3 Å². The van der Waals surface area contributed by atoms with Gasteiger partial charge in [0.15, 0.2) is 0 Å². The van der Waals surface area contributed by atoms with Crippen LogP contribution in [0.2, 0.25) is 0 Å². The molecule has 0 saturated heterocycles. The molecule has 0 radical (unpaired) electrons. The number of hydrogen-bond acceptors (Lipinski definition) is 3. The molecule has 4 nitrogen and oxygen atoms in total. The fourth-order valence-corrected chi connectivity index (χ4v) is 2.38. The Labute approximate surface area is 121 Å². The molecule has 0 bridgehead atoms. The maximum atomic E-state index is 4.16. The van der Waals surface area contributed by atoms with E-state index < -0.39 is 0 Å². The van der Waals surface area contributed by atoms with Crippen LogP contribution in [0, 0.1) is 6.92 Å². The summed E-state index contributed by atoms with van der Waals surface area (Å²) in [7, 11) is 0. The van der Waals surface area contributed by atoms with Crippen LogP contribution in [-0.2, 0) is 13.1 Å². The Morgan fingerprint density at radius 1 is 1.20 bits per heavy atom. The lowest BCUT2D eigenvalue weighted by atomic mass is 10.0.